The van der Waals surface area contributed by atoms with Gasteiger partial charge in [0.25, 0.3) is 0 Å². The van der Waals surface area contributed by atoms with E-state index in [0.717, 1.165) is 25.1 Å². The van der Waals surface area contributed by atoms with Crippen LogP contribution in [-0.4, -0.2) is 19.8 Å². The minimum Gasteiger partial charge on any atom is -0.489 e. The predicted molar refractivity (Wildman–Crippen MR) is 67.0 cm³/mol. The molecule has 0 amide bonds. The Labute approximate surface area is 106 Å². The normalized spacial score (nSPS) is 23.5. The van der Waals surface area contributed by atoms with Gasteiger partial charge in [-0.05, 0) is 37.1 Å². The summed E-state index contributed by atoms with van der Waals surface area (Å²) < 4.78 is 11.3. The Kier molecular flexibility index (Phi) is 3.12. The van der Waals surface area contributed by atoms with Crippen molar-refractivity contribution in [2.75, 3.05) is 19.8 Å². The van der Waals surface area contributed by atoms with Gasteiger partial charge in [-0.1, -0.05) is 11.6 Å². The van der Waals surface area contributed by atoms with Gasteiger partial charge < -0.3 is 14.8 Å². The molecule has 1 unspecified atom stereocenters. The maximum absolute atomic E-state index is 6.27. The zero-order chi connectivity index (χ0) is 11.7. The Hall–Kier alpha value is -0.930. The van der Waals surface area contributed by atoms with Gasteiger partial charge in [0, 0.05) is 12.5 Å². The molecule has 2 heterocycles. The Morgan fingerprint density at radius 1 is 1.18 bits per heavy atom. The van der Waals surface area contributed by atoms with E-state index in [1.807, 2.05) is 6.07 Å². The van der Waals surface area contributed by atoms with E-state index >= 15 is 0 Å². The first-order valence-corrected chi connectivity index (χ1v) is 6.55. The summed E-state index contributed by atoms with van der Waals surface area (Å²) >= 11 is 6.27. The first-order chi connectivity index (χ1) is 8.34. The summed E-state index contributed by atoms with van der Waals surface area (Å²) in [5.41, 5.74) is 1.21. The van der Waals surface area contributed by atoms with Crippen molar-refractivity contribution >= 4 is 11.6 Å². The summed E-state index contributed by atoms with van der Waals surface area (Å²) in [5.74, 6) is 1.49. The summed E-state index contributed by atoms with van der Waals surface area (Å²) in [5, 5.41) is 4.13. The third-order valence-corrected chi connectivity index (χ3v) is 3.57. The SMILES string of the molecule is Clc1cc(C2CCCN2)cc2c1OCCCO2. The monoisotopic (exact) mass is 253 g/mol. The first-order valence-electron chi connectivity index (χ1n) is 6.17. The maximum Gasteiger partial charge on any atom is 0.179 e. The maximum atomic E-state index is 6.27. The van der Waals surface area contributed by atoms with E-state index in [4.69, 9.17) is 21.1 Å². The van der Waals surface area contributed by atoms with Crippen LogP contribution in [0.1, 0.15) is 30.9 Å². The van der Waals surface area contributed by atoms with E-state index in [-0.39, 0.29) is 0 Å². The summed E-state index contributed by atoms with van der Waals surface area (Å²) in [7, 11) is 0. The Morgan fingerprint density at radius 3 is 2.88 bits per heavy atom. The molecule has 1 N–H and O–H groups in total. The van der Waals surface area contributed by atoms with E-state index in [2.05, 4.69) is 11.4 Å². The Bertz CT molecular complexity index is 416. The van der Waals surface area contributed by atoms with E-state index in [0.29, 0.717) is 30.0 Å². The molecular weight excluding hydrogens is 238 g/mol. The molecule has 3 nitrogen and oxygen atoms in total. The van der Waals surface area contributed by atoms with Crippen LogP contribution in [0.3, 0.4) is 0 Å². The lowest BCUT2D eigenvalue weighted by Gasteiger charge is -2.15. The zero-order valence-electron chi connectivity index (χ0n) is 9.67. The largest absolute Gasteiger partial charge is 0.489 e. The molecule has 1 aromatic rings. The van der Waals surface area contributed by atoms with Crippen molar-refractivity contribution < 1.29 is 9.47 Å². The van der Waals surface area contributed by atoms with Crippen molar-refractivity contribution in [2.45, 2.75) is 25.3 Å². The predicted octanol–water partition coefficient (Wildman–Crippen LogP) is 2.93. The summed E-state index contributed by atoms with van der Waals surface area (Å²) in [4.78, 5) is 0. The third kappa shape index (κ3) is 2.22. The fourth-order valence-electron chi connectivity index (χ4n) is 2.42. The lowest BCUT2D eigenvalue weighted by Crippen LogP contribution is -2.13. The molecule has 2 aliphatic rings. The molecule has 1 atom stereocenters. The summed E-state index contributed by atoms with van der Waals surface area (Å²) in [6.45, 7) is 2.45. The van der Waals surface area contributed by atoms with Crippen LogP contribution in [0, 0.1) is 0 Å². The Balaban J connectivity index is 1.96. The van der Waals surface area contributed by atoms with E-state index in [1.165, 1.54) is 12.0 Å². The molecule has 0 bridgehead atoms. The van der Waals surface area contributed by atoms with E-state index in [1.54, 1.807) is 0 Å². The number of fused-ring (bicyclic) bond motifs is 1. The molecule has 0 spiro atoms. The highest BCUT2D eigenvalue weighted by Gasteiger charge is 2.21. The number of ether oxygens (including phenoxy) is 2. The molecule has 0 radical (unpaired) electrons. The summed E-state index contributed by atoms with van der Waals surface area (Å²) in [6.07, 6.45) is 3.29. The van der Waals surface area contributed by atoms with Crippen LogP contribution >= 0.6 is 11.6 Å². The van der Waals surface area contributed by atoms with Gasteiger partial charge in [0.1, 0.15) is 0 Å². The zero-order valence-corrected chi connectivity index (χ0v) is 10.4. The molecule has 1 aromatic carbocycles. The van der Waals surface area contributed by atoms with Crippen LogP contribution in [-0.2, 0) is 0 Å². The smallest absolute Gasteiger partial charge is 0.179 e. The van der Waals surface area contributed by atoms with E-state index in [9.17, 15) is 0 Å². The Morgan fingerprint density at radius 2 is 2.06 bits per heavy atom. The summed E-state index contributed by atoms with van der Waals surface area (Å²) in [6, 6.07) is 4.47. The van der Waals surface area contributed by atoms with Gasteiger partial charge in [0.05, 0.1) is 18.2 Å². The van der Waals surface area contributed by atoms with Crippen LogP contribution in [0.25, 0.3) is 0 Å². The van der Waals surface area contributed by atoms with Gasteiger partial charge in [-0.2, -0.15) is 0 Å². The molecule has 1 saturated heterocycles. The third-order valence-electron chi connectivity index (χ3n) is 3.29. The molecular formula is C13H16ClNO2. The van der Waals surface area contributed by atoms with Crippen LogP contribution in [0.15, 0.2) is 12.1 Å². The van der Waals surface area contributed by atoms with Gasteiger partial charge in [-0.15, -0.1) is 0 Å². The van der Waals surface area contributed by atoms with E-state index < -0.39 is 0 Å². The van der Waals surface area contributed by atoms with Gasteiger partial charge in [0.15, 0.2) is 11.5 Å². The van der Waals surface area contributed by atoms with Crippen molar-refractivity contribution in [3.05, 3.63) is 22.7 Å². The molecule has 0 saturated carbocycles. The quantitative estimate of drug-likeness (QED) is 0.835. The molecule has 0 aromatic heterocycles. The van der Waals surface area contributed by atoms with Crippen molar-refractivity contribution in [1.29, 1.82) is 0 Å². The van der Waals surface area contributed by atoms with Gasteiger partial charge in [-0.3, -0.25) is 0 Å². The highest BCUT2D eigenvalue weighted by atomic mass is 35.5. The topological polar surface area (TPSA) is 30.5 Å². The van der Waals surface area contributed by atoms with Crippen LogP contribution < -0.4 is 14.8 Å². The molecule has 1 fully saturated rings. The minimum absolute atomic E-state index is 0.407. The lowest BCUT2D eigenvalue weighted by molar-refractivity contribution is 0.297. The molecule has 92 valence electrons. The van der Waals surface area contributed by atoms with Crippen molar-refractivity contribution in [2.24, 2.45) is 0 Å². The molecule has 4 heteroatoms. The fourth-order valence-corrected chi connectivity index (χ4v) is 2.69. The fraction of sp³-hybridized carbons (Fsp3) is 0.538. The first kappa shape index (κ1) is 11.2. The standard InChI is InChI=1S/C13H16ClNO2/c14-10-7-9(11-3-1-4-15-11)8-12-13(10)17-6-2-5-16-12/h7-8,11,15H,1-6H2. The van der Waals surface area contributed by atoms with Gasteiger partial charge in [0.2, 0.25) is 0 Å². The number of hydrogen-bond donors (Lipinski definition) is 1. The van der Waals surface area contributed by atoms with Gasteiger partial charge in [-0.25, -0.2) is 0 Å². The number of nitrogens with one attached hydrogen (secondary N) is 1. The highest BCUT2D eigenvalue weighted by Crippen LogP contribution is 2.40. The van der Waals surface area contributed by atoms with Crippen molar-refractivity contribution in [1.82, 2.24) is 5.32 Å². The molecule has 17 heavy (non-hydrogen) atoms. The van der Waals surface area contributed by atoms with Crippen molar-refractivity contribution in [3.8, 4) is 11.5 Å². The second-order valence-electron chi connectivity index (χ2n) is 4.53. The number of benzene rings is 1. The number of rotatable bonds is 1. The number of hydrogen-bond acceptors (Lipinski definition) is 3. The molecule has 2 aliphatic heterocycles. The second kappa shape index (κ2) is 4.75. The van der Waals surface area contributed by atoms with Gasteiger partial charge >= 0.3 is 0 Å². The van der Waals surface area contributed by atoms with Crippen LogP contribution in [0.2, 0.25) is 5.02 Å². The average molecular weight is 254 g/mol. The highest BCUT2D eigenvalue weighted by molar-refractivity contribution is 6.32. The average Bonchev–Trinajstić information content (AvgIpc) is 2.75. The second-order valence-corrected chi connectivity index (χ2v) is 4.94. The van der Waals surface area contributed by atoms with Crippen molar-refractivity contribution in [3.63, 3.8) is 0 Å². The van der Waals surface area contributed by atoms with Crippen LogP contribution in [0.4, 0.5) is 0 Å². The molecule has 0 aliphatic carbocycles. The molecule has 3 rings (SSSR count). The van der Waals surface area contributed by atoms with Crippen LogP contribution in [0.5, 0.6) is 11.5 Å². The lowest BCUT2D eigenvalue weighted by atomic mass is 10.0. The number of halogens is 1. The minimum atomic E-state index is 0.407.